The van der Waals surface area contributed by atoms with Gasteiger partial charge < -0.3 is 9.47 Å². The highest BCUT2D eigenvalue weighted by Gasteiger charge is 2.30. The Morgan fingerprint density at radius 1 is 1.38 bits per heavy atom. The molecule has 3 heterocycles. The number of carbonyl (C=O) groups is 1. The smallest absolute Gasteiger partial charge is 0.233 e. The molecule has 0 aliphatic carbocycles. The molecule has 1 amide bonds. The van der Waals surface area contributed by atoms with E-state index in [1.807, 2.05) is 11.3 Å². The van der Waals surface area contributed by atoms with Crippen LogP contribution in [0.15, 0.2) is 16.6 Å². The monoisotopic (exact) mass is 391 g/mol. The fourth-order valence-electron chi connectivity index (χ4n) is 3.66. The van der Waals surface area contributed by atoms with Gasteiger partial charge in [0.2, 0.25) is 5.91 Å². The maximum atomic E-state index is 13.0. The Morgan fingerprint density at radius 3 is 2.92 bits per heavy atom. The first kappa shape index (κ1) is 19.5. The zero-order valence-corrected chi connectivity index (χ0v) is 17.9. The molecule has 1 aliphatic heterocycles. The van der Waals surface area contributed by atoms with Crippen molar-refractivity contribution >= 4 is 29.0 Å². The van der Waals surface area contributed by atoms with Crippen LogP contribution < -0.4 is 0 Å². The number of aromatic nitrogens is 2. The van der Waals surface area contributed by atoms with E-state index in [9.17, 15) is 4.79 Å². The molecule has 1 unspecified atom stereocenters. The number of hydrogen-bond donors (Lipinski definition) is 0. The van der Waals surface area contributed by atoms with Crippen LogP contribution in [0.1, 0.15) is 61.0 Å². The second-order valence-corrected chi connectivity index (χ2v) is 8.86. The van der Waals surface area contributed by atoms with Crippen molar-refractivity contribution in [1.82, 2.24) is 14.5 Å². The van der Waals surface area contributed by atoms with Crippen LogP contribution in [0.4, 0.5) is 0 Å². The normalized spacial score (nSPS) is 16.8. The topological polar surface area (TPSA) is 38.1 Å². The third-order valence-corrected chi connectivity index (χ3v) is 7.24. The Balaban J connectivity index is 1.69. The van der Waals surface area contributed by atoms with Gasteiger partial charge in [-0.1, -0.05) is 32.0 Å². The molecule has 0 aromatic carbocycles. The van der Waals surface area contributed by atoms with E-state index in [1.54, 1.807) is 11.8 Å². The van der Waals surface area contributed by atoms with Gasteiger partial charge in [0, 0.05) is 23.7 Å². The van der Waals surface area contributed by atoms with Crippen molar-refractivity contribution < 1.29 is 4.79 Å². The van der Waals surface area contributed by atoms with Crippen molar-refractivity contribution in [2.45, 2.75) is 71.1 Å². The molecule has 0 radical (unpaired) electrons. The molecule has 26 heavy (non-hydrogen) atoms. The summed E-state index contributed by atoms with van der Waals surface area (Å²) in [5, 5.41) is 3.15. The van der Waals surface area contributed by atoms with Gasteiger partial charge in [-0.25, -0.2) is 4.98 Å². The van der Waals surface area contributed by atoms with E-state index in [-0.39, 0.29) is 11.9 Å². The van der Waals surface area contributed by atoms with Crippen molar-refractivity contribution in [3.63, 3.8) is 0 Å². The molecule has 142 valence electrons. The highest BCUT2D eigenvalue weighted by atomic mass is 32.2. The fraction of sp³-hybridized carbons (Fsp3) is 0.600. The molecular formula is C20H29N3OS2. The lowest BCUT2D eigenvalue weighted by atomic mass is 9.98. The number of unbranched alkanes of at least 4 members (excludes halogenated alkanes) is 1. The number of hydrogen-bond acceptors (Lipinski definition) is 4. The number of thiophene rings is 1. The Morgan fingerprint density at radius 2 is 2.19 bits per heavy atom. The minimum absolute atomic E-state index is 0.235. The fourth-order valence-corrected chi connectivity index (χ4v) is 5.59. The molecule has 2 aromatic rings. The van der Waals surface area contributed by atoms with Crippen molar-refractivity contribution in [3.8, 4) is 0 Å². The third-order valence-electron chi connectivity index (χ3n) is 5.28. The molecule has 0 N–H and O–H groups in total. The zero-order valence-electron chi connectivity index (χ0n) is 16.2. The first-order chi connectivity index (χ1) is 12.6. The second-order valence-electron chi connectivity index (χ2n) is 6.92. The summed E-state index contributed by atoms with van der Waals surface area (Å²) < 4.78 is 2.28. The minimum Gasteiger partial charge on any atom is -0.335 e. The number of rotatable bonds is 7. The van der Waals surface area contributed by atoms with Crippen LogP contribution in [0.3, 0.4) is 0 Å². The van der Waals surface area contributed by atoms with Crippen LogP contribution in [-0.2, 0) is 17.8 Å². The average Bonchev–Trinajstić information content (AvgIpc) is 3.22. The van der Waals surface area contributed by atoms with Crippen molar-refractivity contribution in [2.24, 2.45) is 0 Å². The SMILES string of the molecule is CCCCn1c(SCC(=O)N2CCc3sccc3C2CC)nc(C)c1C. The van der Waals surface area contributed by atoms with Gasteiger partial charge in [0.25, 0.3) is 0 Å². The summed E-state index contributed by atoms with van der Waals surface area (Å²) in [5.41, 5.74) is 3.65. The van der Waals surface area contributed by atoms with E-state index in [1.165, 1.54) is 16.1 Å². The number of amides is 1. The number of thioether (sulfide) groups is 1. The molecule has 0 spiro atoms. The zero-order chi connectivity index (χ0) is 18.7. The predicted octanol–water partition coefficient (Wildman–Crippen LogP) is 4.99. The van der Waals surface area contributed by atoms with Crippen LogP contribution in [-0.4, -0.2) is 32.7 Å². The van der Waals surface area contributed by atoms with Crippen LogP contribution in [0, 0.1) is 13.8 Å². The lowest BCUT2D eigenvalue weighted by molar-refractivity contribution is -0.131. The summed E-state index contributed by atoms with van der Waals surface area (Å²) in [4.78, 5) is 21.2. The van der Waals surface area contributed by atoms with Gasteiger partial charge in [-0.15, -0.1) is 11.3 Å². The Hall–Kier alpha value is -1.27. The molecule has 0 bridgehead atoms. The van der Waals surface area contributed by atoms with Crippen LogP contribution in [0.25, 0.3) is 0 Å². The van der Waals surface area contributed by atoms with E-state index in [0.717, 1.165) is 49.6 Å². The van der Waals surface area contributed by atoms with Gasteiger partial charge >= 0.3 is 0 Å². The number of nitrogens with zero attached hydrogens (tertiary/aromatic N) is 3. The first-order valence-corrected chi connectivity index (χ1v) is 11.5. The summed E-state index contributed by atoms with van der Waals surface area (Å²) in [6.07, 6.45) is 4.27. The van der Waals surface area contributed by atoms with Gasteiger partial charge in [-0.05, 0) is 50.1 Å². The van der Waals surface area contributed by atoms with E-state index in [4.69, 9.17) is 4.98 Å². The molecule has 4 nitrogen and oxygen atoms in total. The number of fused-ring (bicyclic) bond motifs is 1. The molecule has 1 aliphatic rings. The minimum atomic E-state index is 0.235. The molecule has 3 rings (SSSR count). The number of carbonyl (C=O) groups excluding carboxylic acids is 1. The number of imidazole rings is 1. The van der Waals surface area contributed by atoms with Crippen LogP contribution >= 0.6 is 23.1 Å². The largest absolute Gasteiger partial charge is 0.335 e. The summed E-state index contributed by atoms with van der Waals surface area (Å²) in [6, 6.07) is 2.44. The molecular weight excluding hydrogens is 362 g/mol. The van der Waals surface area contributed by atoms with E-state index in [0.29, 0.717) is 5.75 Å². The second kappa shape index (κ2) is 8.61. The highest BCUT2D eigenvalue weighted by Crippen LogP contribution is 2.35. The van der Waals surface area contributed by atoms with E-state index < -0.39 is 0 Å². The predicted molar refractivity (Wildman–Crippen MR) is 110 cm³/mol. The van der Waals surface area contributed by atoms with Gasteiger partial charge in [0.05, 0.1) is 17.5 Å². The highest BCUT2D eigenvalue weighted by molar-refractivity contribution is 7.99. The molecule has 0 saturated heterocycles. The molecule has 0 saturated carbocycles. The van der Waals surface area contributed by atoms with E-state index in [2.05, 4.69) is 48.6 Å². The third kappa shape index (κ3) is 3.86. The maximum Gasteiger partial charge on any atom is 0.233 e. The van der Waals surface area contributed by atoms with Crippen molar-refractivity contribution in [1.29, 1.82) is 0 Å². The summed E-state index contributed by atoms with van der Waals surface area (Å²) in [7, 11) is 0. The molecule has 1 atom stereocenters. The van der Waals surface area contributed by atoms with Gasteiger partial charge in [0.1, 0.15) is 0 Å². The Labute approximate surface area is 165 Å². The van der Waals surface area contributed by atoms with Gasteiger partial charge in [0.15, 0.2) is 5.16 Å². The van der Waals surface area contributed by atoms with Gasteiger partial charge in [-0.2, -0.15) is 0 Å². The Kier molecular flexibility index (Phi) is 6.46. The molecule has 6 heteroatoms. The molecule has 0 fully saturated rings. The lowest BCUT2D eigenvalue weighted by Crippen LogP contribution is -2.40. The standard InChI is InChI=1S/C20H29N3OS2/c1-5-7-10-22-15(4)14(3)21-20(22)26-13-19(24)23-11-8-18-16(9-12-25-18)17(23)6-2/h9,12,17H,5-8,10-11,13H2,1-4H3. The summed E-state index contributed by atoms with van der Waals surface area (Å²) in [5.74, 6) is 0.705. The van der Waals surface area contributed by atoms with Crippen LogP contribution in [0.2, 0.25) is 0 Å². The quantitative estimate of drug-likeness (QED) is 0.624. The first-order valence-electron chi connectivity index (χ1n) is 9.59. The van der Waals surface area contributed by atoms with Gasteiger partial charge in [-0.3, -0.25) is 4.79 Å². The number of aryl methyl sites for hydroxylation is 1. The molecule has 2 aromatic heterocycles. The Bertz CT molecular complexity index is 765. The lowest BCUT2D eigenvalue weighted by Gasteiger charge is -2.35. The average molecular weight is 392 g/mol. The van der Waals surface area contributed by atoms with Crippen molar-refractivity contribution in [3.05, 3.63) is 33.3 Å². The summed E-state index contributed by atoms with van der Waals surface area (Å²) >= 11 is 3.42. The van der Waals surface area contributed by atoms with E-state index >= 15 is 0 Å². The van der Waals surface area contributed by atoms with Crippen molar-refractivity contribution in [2.75, 3.05) is 12.3 Å². The van der Waals surface area contributed by atoms with Crippen LogP contribution in [0.5, 0.6) is 0 Å². The maximum absolute atomic E-state index is 13.0. The summed E-state index contributed by atoms with van der Waals surface area (Å²) in [6.45, 7) is 10.4.